The summed E-state index contributed by atoms with van der Waals surface area (Å²) in [4.78, 5) is 25.2. The summed E-state index contributed by atoms with van der Waals surface area (Å²) in [6.45, 7) is 5.55. The van der Waals surface area contributed by atoms with Gasteiger partial charge < -0.3 is 14.6 Å². The Morgan fingerprint density at radius 3 is 2.76 bits per heavy atom. The maximum atomic E-state index is 15.8. The van der Waals surface area contributed by atoms with Crippen LogP contribution in [0.5, 0.6) is 0 Å². The van der Waals surface area contributed by atoms with Crippen molar-refractivity contribution in [1.29, 1.82) is 0 Å². The number of amides is 1. The summed E-state index contributed by atoms with van der Waals surface area (Å²) >= 11 is 6.32. The molecule has 0 unspecified atom stereocenters. The van der Waals surface area contributed by atoms with Crippen molar-refractivity contribution in [3.05, 3.63) is 47.0 Å². The van der Waals surface area contributed by atoms with E-state index < -0.39 is 11.7 Å². The largest absolute Gasteiger partial charge is 0.379 e. The second-order valence-corrected chi connectivity index (χ2v) is 10.0. The van der Waals surface area contributed by atoms with Crippen LogP contribution in [-0.2, 0) is 16.1 Å². The van der Waals surface area contributed by atoms with Crippen molar-refractivity contribution in [2.75, 3.05) is 44.8 Å². The standard InChI is InChI=1S/C26H30BClFN5O3/c27-18-5-6-21(20(28)13-18)31-24-19(26(35)32-37-15-17-3-4-17)14-22-25(23(24)29)30-16-34(22)8-2-1-7-33-9-11-36-12-10-33/h5-6,13-14,16-17,31H,1-4,7-12,15H2,(H,32,35). The molecule has 1 saturated heterocycles. The van der Waals surface area contributed by atoms with Gasteiger partial charge in [-0.15, -0.1) is 0 Å². The Kier molecular flexibility index (Phi) is 8.29. The summed E-state index contributed by atoms with van der Waals surface area (Å²) in [5.74, 6) is -0.718. The zero-order valence-electron chi connectivity index (χ0n) is 20.6. The normalized spacial score (nSPS) is 16.3. The van der Waals surface area contributed by atoms with Gasteiger partial charge in [0.2, 0.25) is 0 Å². The molecule has 1 aliphatic heterocycles. The van der Waals surface area contributed by atoms with Crippen LogP contribution in [0.15, 0.2) is 30.6 Å². The van der Waals surface area contributed by atoms with E-state index in [1.165, 1.54) is 0 Å². The van der Waals surface area contributed by atoms with Gasteiger partial charge >= 0.3 is 0 Å². The van der Waals surface area contributed by atoms with Gasteiger partial charge in [-0.05, 0) is 56.3 Å². The van der Waals surface area contributed by atoms with Crippen LogP contribution in [-0.4, -0.2) is 67.7 Å². The van der Waals surface area contributed by atoms with E-state index in [0.29, 0.717) is 40.8 Å². The predicted molar refractivity (Wildman–Crippen MR) is 142 cm³/mol. The van der Waals surface area contributed by atoms with Crippen molar-refractivity contribution in [1.82, 2.24) is 19.9 Å². The number of hydrogen-bond donors (Lipinski definition) is 2. The average molecular weight is 526 g/mol. The molecule has 1 saturated carbocycles. The summed E-state index contributed by atoms with van der Waals surface area (Å²) in [6.07, 6.45) is 5.69. The minimum Gasteiger partial charge on any atom is -0.379 e. The summed E-state index contributed by atoms with van der Waals surface area (Å²) in [6, 6.07) is 6.50. The molecule has 2 fully saturated rings. The van der Waals surface area contributed by atoms with Gasteiger partial charge in [-0.25, -0.2) is 14.9 Å². The van der Waals surface area contributed by atoms with Gasteiger partial charge in [0.1, 0.15) is 13.4 Å². The quantitative estimate of drug-likeness (QED) is 0.226. The number of morpholine rings is 1. The summed E-state index contributed by atoms with van der Waals surface area (Å²) in [5.41, 5.74) is 4.17. The molecule has 11 heteroatoms. The zero-order valence-corrected chi connectivity index (χ0v) is 21.4. The molecule has 2 heterocycles. The third-order valence-electron chi connectivity index (χ3n) is 6.76. The molecule has 2 aliphatic rings. The van der Waals surface area contributed by atoms with Crippen molar-refractivity contribution in [3.8, 4) is 0 Å². The maximum Gasteiger partial charge on any atom is 0.277 e. The first-order valence-corrected chi connectivity index (χ1v) is 13.1. The molecule has 1 amide bonds. The topological polar surface area (TPSA) is 80.7 Å². The zero-order chi connectivity index (χ0) is 25.8. The lowest BCUT2D eigenvalue weighted by Crippen LogP contribution is -2.36. The molecule has 2 N–H and O–H groups in total. The lowest BCUT2D eigenvalue weighted by molar-refractivity contribution is 0.0271. The fourth-order valence-electron chi connectivity index (χ4n) is 4.41. The number of halogens is 2. The van der Waals surface area contributed by atoms with Crippen molar-refractivity contribution < 1.29 is 18.8 Å². The smallest absolute Gasteiger partial charge is 0.277 e. The molecule has 1 aromatic heterocycles. The van der Waals surface area contributed by atoms with Crippen LogP contribution >= 0.6 is 11.6 Å². The van der Waals surface area contributed by atoms with Crippen LogP contribution in [0.1, 0.15) is 36.0 Å². The second-order valence-electron chi connectivity index (χ2n) is 9.63. The van der Waals surface area contributed by atoms with Crippen LogP contribution < -0.4 is 16.3 Å². The van der Waals surface area contributed by atoms with E-state index in [9.17, 15) is 4.79 Å². The van der Waals surface area contributed by atoms with Crippen molar-refractivity contribution in [3.63, 3.8) is 0 Å². The number of hydrogen-bond acceptors (Lipinski definition) is 6. The predicted octanol–water partition coefficient (Wildman–Crippen LogP) is 3.55. The van der Waals surface area contributed by atoms with Gasteiger partial charge in [0.25, 0.3) is 5.91 Å². The summed E-state index contributed by atoms with van der Waals surface area (Å²) in [7, 11) is 5.79. The lowest BCUT2D eigenvalue weighted by atomic mass is 9.96. The third-order valence-corrected chi connectivity index (χ3v) is 7.07. The number of ether oxygens (including phenoxy) is 1. The minimum atomic E-state index is -0.634. The monoisotopic (exact) mass is 525 g/mol. The molecule has 0 atom stereocenters. The first kappa shape index (κ1) is 26.0. The second kappa shape index (κ2) is 11.8. The first-order chi connectivity index (χ1) is 18.0. The SMILES string of the molecule is [B]c1ccc(Nc2c(C(=O)NOCC3CC3)cc3c(ncn3CCCCN3CCOCC3)c2F)c(Cl)c1. The van der Waals surface area contributed by atoms with E-state index in [-0.39, 0.29) is 16.8 Å². The van der Waals surface area contributed by atoms with Crippen LogP contribution in [0, 0.1) is 11.7 Å². The number of fused-ring (bicyclic) bond motifs is 1. The number of nitrogens with one attached hydrogen (secondary N) is 2. The Bertz CT molecular complexity index is 1260. The minimum absolute atomic E-state index is 0.0238. The van der Waals surface area contributed by atoms with Crippen LogP contribution in [0.25, 0.3) is 11.0 Å². The van der Waals surface area contributed by atoms with Gasteiger partial charge in [-0.2, -0.15) is 0 Å². The van der Waals surface area contributed by atoms with E-state index in [1.54, 1.807) is 30.6 Å². The molecule has 194 valence electrons. The molecule has 3 aromatic rings. The highest BCUT2D eigenvalue weighted by Crippen LogP contribution is 2.33. The number of imidazole rings is 1. The maximum absolute atomic E-state index is 15.8. The van der Waals surface area contributed by atoms with Crippen LogP contribution in [0.2, 0.25) is 5.02 Å². The number of unbranched alkanes of at least 4 members (excludes halogenated alkanes) is 1. The van der Waals surface area contributed by atoms with Gasteiger partial charge in [0, 0.05) is 19.6 Å². The van der Waals surface area contributed by atoms with Gasteiger partial charge in [0.05, 0.1) is 53.6 Å². The molecule has 0 spiro atoms. The highest BCUT2D eigenvalue weighted by atomic mass is 35.5. The highest BCUT2D eigenvalue weighted by Gasteiger charge is 2.25. The molecule has 37 heavy (non-hydrogen) atoms. The Labute approximate surface area is 221 Å². The number of carbonyl (C=O) groups excluding carboxylic acids is 1. The molecule has 2 aromatic carbocycles. The fraction of sp³-hybridized carbons (Fsp3) is 0.462. The van der Waals surface area contributed by atoms with E-state index in [4.69, 9.17) is 29.0 Å². The van der Waals surface area contributed by atoms with Gasteiger partial charge in [0.15, 0.2) is 5.82 Å². The first-order valence-electron chi connectivity index (χ1n) is 12.7. The van der Waals surface area contributed by atoms with Crippen molar-refractivity contribution >= 4 is 53.2 Å². The van der Waals surface area contributed by atoms with Crippen LogP contribution in [0.3, 0.4) is 0 Å². The number of hydroxylamine groups is 1. The van der Waals surface area contributed by atoms with E-state index in [0.717, 1.165) is 58.5 Å². The van der Waals surface area contributed by atoms with Gasteiger partial charge in [-0.1, -0.05) is 23.1 Å². The molecule has 5 rings (SSSR count). The van der Waals surface area contributed by atoms with E-state index in [2.05, 4.69) is 20.7 Å². The Morgan fingerprint density at radius 1 is 1.22 bits per heavy atom. The van der Waals surface area contributed by atoms with E-state index >= 15 is 4.39 Å². The highest BCUT2D eigenvalue weighted by molar-refractivity contribution is 6.37. The van der Waals surface area contributed by atoms with E-state index in [1.807, 2.05) is 4.57 Å². The molecule has 0 bridgehead atoms. The molecule has 8 nitrogen and oxygen atoms in total. The molecule has 2 radical (unpaired) electrons. The van der Waals surface area contributed by atoms with Crippen molar-refractivity contribution in [2.45, 2.75) is 32.2 Å². The Hall–Kier alpha value is -2.66. The fourth-order valence-corrected chi connectivity index (χ4v) is 4.65. The number of anilines is 2. The van der Waals surface area contributed by atoms with Gasteiger partial charge in [-0.3, -0.25) is 14.5 Å². The molecular formula is C26H30BClFN5O3. The number of aromatic nitrogens is 2. The average Bonchev–Trinajstić information content (AvgIpc) is 3.63. The number of carbonyl (C=O) groups is 1. The summed E-state index contributed by atoms with van der Waals surface area (Å²) in [5, 5.41) is 3.28. The van der Waals surface area contributed by atoms with Crippen molar-refractivity contribution in [2.24, 2.45) is 5.92 Å². The number of rotatable bonds is 11. The Balaban J connectivity index is 1.37. The third kappa shape index (κ3) is 6.44. The molecular weight excluding hydrogens is 496 g/mol. The van der Waals surface area contributed by atoms with Crippen LogP contribution in [0.4, 0.5) is 15.8 Å². The number of aryl methyl sites for hydroxylation is 1. The molecule has 1 aliphatic carbocycles. The Morgan fingerprint density at radius 2 is 2.00 bits per heavy atom. The number of nitrogens with zero attached hydrogens (tertiary/aromatic N) is 3. The lowest BCUT2D eigenvalue weighted by Gasteiger charge is -2.26. The number of benzene rings is 2. The summed E-state index contributed by atoms with van der Waals surface area (Å²) < 4.78 is 23.1.